The van der Waals surface area contributed by atoms with Crippen molar-refractivity contribution in [1.29, 1.82) is 0 Å². The summed E-state index contributed by atoms with van der Waals surface area (Å²) >= 11 is 0. The Morgan fingerprint density at radius 3 is 2.47 bits per heavy atom. The fraction of sp³-hybridized carbons (Fsp3) is 0.333. The predicted molar refractivity (Wildman–Crippen MR) is 125 cm³/mol. The first-order chi connectivity index (χ1) is 15.0. The van der Waals surface area contributed by atoms with Crippen molar-refractivity contribution in [3.05, 3.63) is 48.2 Å². The number of hydrogen-bond donors (Lipinski definition) is 3. The summed E-state index contributed by atoms with van der Waals surface area (Å²) in [4.78, 5) is 32.4. The molecule has 1 amide bonds. The van der Waals surface area contributed by atoms with E-state index in [0.29, 0.717) is 22.9 Å². The molecule has 0 saturated carbocycles. The zero-order chi connectivity index (χ0) is 23.5. The maximum atomic E-state index is 12.0. The highest BCUT2D eigenvalue weighted by Gasteiger charge is 2.17. The van der Waals surface area contributed by atoms with Crippen LogP contribution in [-0.4, -0.2) is 39.3 Å². The van der Waals surface area contributed by atoms with Gasteiger partial charge in [-0.25, -0.2) is 19.6 Å². The van der Waals surface area contributed by atoms with E-state index in [-0.39, 0.29) is 5.56 Å². The summed E-state index contributed by atoms with van der Waals surface area (Å²) in [5.41, 5.74) is 2.52. The average molecular weight is 437 g/mol. The number of carbonyl (C=O) groups excluding carboxylic acids is 1. The van der Waals surface area contributed by atoms with E-state index in [1.54, 1.807) is 45.2 Å². The molecular weight excluding hydrogens is 408 g/mol. The van der Waals surface area contributed by atoms with Gasteiger partial charge >= 0.3 is 12.1 Å². The first-order valence-electron chi connectivity index (χ1n) is 10.4. The van der Waals surface area contributed by atoms with Crippen LogP contribution >= 0.6 is 0 Å². The van der Waals surface area contributed by atoms with E-state index in [4.69, 9.17) is 9.72 Å². The first-order valence-corrected chi connectivity index (χ1v) is 10.4. The van der Waals surface area contributed by atoms with Crippen LogP contribution in [0, 0.1) is 5.92 Å². The van der Waals surface area contributed by atoms with E-state index >= 15 is 0 Å². The van der Waals surface area contributed by atoms with Gasteiger partial charge in [0.2, 0.25) is 0 Å². The smallest absolute Gasteiger partial charge is 0.413 e. The molecule has 0 unspecified atom stereocenters. The molecule has 0 aliphatic rings. The van der Waals surface area contributed by atoms with Crippen LogP contribution in [0.25, 0.3) is 22.2 Å². The number of benzene rings is 1. The van der Waals surface area contributed by atoms with Crippen LogP contribution in [0.15, 0.2) is 42.6 Å². The lowest BCUT2D eigenvalue weighted by Gasteiger charge is -2.19. The second-order valence-electron chi connectivity index (χ2n) is 8.93. The van der Waals surface area contributed by atoms with Gasteiger partial charge in [0.1, 0.15) is 11.4 Å². The van der Waals surface area contributed by atoms with Gasteiger partial charge in [0, 0.05) is 23.7 Å². The fourth-order valence-corrected chi connectivity index (χ4v) is 2.99. The van der Waals surface area contributed by atoms with Crippen molar-refractivity contribution in [3.8, 4) is 11.3 Å². The molecule has 0 aliphatic carbocycles. The first kappa shape index (κ1) is 23.0. The minimum Gasteiger partial charge on any atom is -0.478 e. The van der Waals surface area contributed by atoms with E-state index in [0.717, 1.165) is 23.2 Å². The molecule has 3 rings (SSSR count). The number of hydrogen-bond acceptors (Lipinski definition) is 6. The Labute approximate surface area is 187 Å². The third kappa shape index (κ3) is 5.94. The van der Waals surface area contributed by atoms with Crippen molar-refractivity contribution in [2.45, 2.75) is 40.2 Å². The lowest BCUT2D eigenvalue weighted by Crippen LogP contribution is -2.27. The number of carboxylic acid groups (broad SMARTS) is 1. The van der Waals surface area contributed by atoms with Gasteiger partial charge in [-0.1, -0.05) is 13.8 Å². The third-order valence-electron chi connectivity index (χ3n) is 4.43. The number of pyridine rings is 2. The van der Waals surface area contributed by atoms with E-state index in [9.17, 15) is 14.7 Å². The van der Waals surface area contributed by atoms with E-state index in [1.165, 1.54) is 6.07 Å². The zero-order valence-corrected chi connectivity index (χ0v) is 18.9. The minimum absolute atomic E-state index is 0.209. The summed E-state index contributed by atoms with van der Waals surface area (Å²) in [7, 11) is 0. The molecule has 3 N–H and O–H groups in total. The standard InChI is InChI=1S/C24H28N4O4/c1-14(2)12-25-19-11-17-10-15(22(29)30)6-8-18(17)27-21(19)16-7-9-20(26-13-16)28-23(31)32-24(3,4)5/h6-11,13-14,25H,12H2,1-5H3,(H,29,30)(H,26,28,31). The molecule has 2 aromatic heterocycles. The maximum Gasteiger partial charge on any atom is 0.413 e. The molecule has 32 heavy (non-hydrogen) atoms. The molecule has 3 aromatic rings. The van der Waals surface area contributed by atoms with Crippen molar-refractivity contribution >= 4 is 34.5 Å². The SMILES string of the molecule is CC(C)CNc1cc2cc(C(=O)O)ccc2nc1-c1ccc(NC(=O)OC(C)(C)C)nc1. The largest absolute Gasteiger partial charge is 0.478 e. The lowest BCUT2D eigenvalue weighted by molar-refractivity contribution is 0.0633. The minimum atomic E-state index is -0.982. The van der Waals surface area contributed by atoms with Gasteiger partial charge in [-0.2, -0.15) is 0 Å². The number of aromatic carboxylic acids is 1. The number of ether oxygens (including phenoxy) is 1. The third-order valence-corrected chi connectivity index (χ3v) is 4.43. The number of fused-ring (bicyclic) bond motifs is 1. The van der Waals surface area contributed by atoms with Crippen LogP contribution in [0.3, 0.4) is 0 Å². The Hall–Kier alpha value is -3.68. The number of aromatic nitrogens is 2. The highest BCUT2D eigenvalue weighted by atomic mass is 16.6. The summed E-state index contributed by atoms with van der Waals surface area (Å²) in [5, 5.41) is 16.0. The zero-order valence-electron chi connectivity index (χ0n) is 18.9. The maximum absolute atomic E-state index is 12.0. The number of rotatable bonds is 6. The Kier molecular flexibility index (Phi) is 6.62. The summed E-state index contributed by atoms with van der Waals surface area (Å²) in [5.74, 6) is -0.209. The fourth-order valence-electron chi connectivity index (χ4n) is 2.99. The summed E-state index contributed by atoms with van der Waals surface area (Å²) in [6.45, 7) is 10.3. The Bertz CT molecular complexity index is 1140. The topological polar surface area (TPSA) is 113 Å². The second kappa shape index (κ2) is 9.21. The summed E-state index contributed by atoms with van der Waals surface area (Å²) in [6.07, 6.45) is 1.06. The molecular formula is C24H28N4O4. The summed E-state index contributed by atoms with van der Waals surface area (Å²) in [6, 6.07) is 10.3. The van der Waals surface area contributed by atoms with Crippen molar-refractivity contribution < 1.29 is 19.4 Å². The molecule has 0 atom stereocenters. The molecule has 1 aromatic carbocycles. The van der Waals surface area contributed by atoms with Crippen LogP contribution in [0.1, 0.15) is 45.0 Å². The van der Waals surface area contributed by atoms with Gasteiger partial charge in [0.15, 0.2) is 0 Å². The molecule has 0 fully saturated rings. The molecule has 8 heteroatoms. The molecule has 0 saturated heterocycles. The molecule has 8 nitrogen and oxygen atoms in total. The van der Waals surface area contributed by atoms with Crippen LogP contribution in [-0.2, 0) is 4.74 Å². The Balaban J connectivity index is 1.94. The quantitative estimate of drug-likeness (QED) is 0.473. The van der Waals surface area contributed by atoms with Crippen molar-refractivity contribution in [3.63, 3.8) is 0 Å². The van der Waals surface area contributed by atoms with Crippen molar-refractivity contribution in [2.24, 2.45) is 5.92 Å². The number of anilines is 2. The van der Waals surface area contributed by atoms with Gasteiger partial charge in [-0.15, -0.1) is 0 Å². The number of nitrogens with zero attached hydrogens (tertiary/aromatic N) is 2. The normalized spacial score (nSPS) is 11.4. The summed E-state index contributed by atoms with van der Waals surface area (Å²) < 4.78 is 5.25. The Morgan fingerprint density at radius 2 is 1.88 bits per heavy atom. The van der Waals surface area contributed by atoms with Crippen LogP contribution in [0.5, 0.6) is 0 Å². The van der Waals surface area contributed by atoms with E-state index < -0.39 is 17.7 Å². The second-order valence-corrected chi connectivity index (χ2v) is 8.93. The van der Waals surface area contributed by atoms with Crippen molar-refractivity contribution in [2.75, 3.05) is 17.2 Å². The van der Waals surface area contributed by atoms with Crippen LogP contribution in [0.4, 0.5) is 16.3 Å². The Morgan fingerprint density at radius 1 is 1.12 bits per heavy atom. The molecule has 0 spiro atoms. The van der Waals surface area contributed by atoms with Gasteiger partial charge in [-0.3, -0.25) is 5.32 Å². The highest BCUT2D eigenvalue weighted by molar-refractivity contribution is 5.96. The molecule has 168 valence electrons. The van der Waals surface area contributed by atoms with Crippen LogP contribution in [0.2, 0.25) is 0 Å². The number of nitrogens with one attached hydrogen (secondary N) is 2. The number of carboxylic acids is 1. The van der Waals surface area contributed by atoms with E-state index in [1.807, 2.05) is 12.1 Å². The molecule has 0 radical (unpaired) electrons. The monoisotopic (exact) mass is 436 g/mol. The molecule has 0 aliphatic heterocycles. The van der Waals surface area contributed by atoms with Crippen LogP contribution < -0.4 is 10.6 Å². The molecule has 0 bridgehead atoms. The van der Waals surface area contributed by atoms with Gasteiger partial charge in [-0.05, 0) is 63.1 Å². The van der Waals surface area contributed by atoms with Crippen molar-refractivity contribution in [1.82, 2.24) is 9.97 Å². The number of carbonyl (C=O) groups is 2. The van der Waals surface area contributed by atoms with Gasteiger partial charge < -0.3 is 15.2 Å². The molecule has 2 heterocycles. The number of amides is 1. The van der Waals surface area contributed by atoms with Gasteiger partial charge in [0.05, 0.1) is 22.5 Å². The predicted octanol–water partition coefficient (Wildman–Crippen LogP) is 5.41. The van der Waals surface area contributed by atoms with Gasteiger partial charge in [0.25, 0.3) is 0 Å². The average Bonchev–Trinajstić information content (AvgIpc) is 2.70. The van der Waals surface area contributed by atoms with E-state index in [2.05, 4.69) is 29.5 Å². The lowest BCUT2D eigenvalue weighted by atomic mass is 10.1. The highest BCUT2D eigenvalue weighted by Crippen LogP contribution is 2.30.